The Balaban J connectivity index is 2.59. The van der Waals surface area contributed by atoms with Gasteiger partial charge >= 0.3 is 0 Å². The summed E-state index contributed by atoms with van der Waals surface area (Å²) in [6, 6.07) is 4.09. The van der Waals surface area contributed by atoms with Crippen molar-refractivity contribution in [3.05, 3.63) is 34.2 Å². The summed E-state index contributed by atoms with van der Waals surface area (Å²) in [6.07, 6.45) is 4.32. The van der Waals surface area contributed by atoms with Gasteiger partial charge in [-0.25, -0.2) is 4.98 Å². The van der Waals surface area contributed by atoms with E-state index in [4.69, 9.17) is 0 Å². The average molecular weight is 253 g/mol. The third-order valence-electron chi connectivity index (χ3n) is 2.37. The standard InChI is InChI=1S/C11H13BrN2/c1-3-4-9-7-14-8(2)10(12)5-6-11(14)13-9/h5-7H,3-4H2,1-2H3. The fourth-order valence-corrected chi connectivity index (χ4v) is 1.91. The number of hydrogen-bond acceptors (Lipinski definition) is 1. The van der Waals surface area contributed by atoms with Crippen molar-refractivity contribution in [3.63, 3.8) is 0 Å². The van der Waals surface area contributed by atoms with E-state index in [2.05, 4.69) is 45.4 Å². The molecule has 2 aromatic heterocycles. The van der Waals surface area contributed by atoms with Crippen LogP contribution in [0.5, 0.6) is 0 Å². The molecule has 74 valence electrons. The first kappa shape index (κ1) is 9.71. The molecule has 0 saturated heterocycles. The van der Waals surface area contributed by atoms with Crippen molar-refractivity contribution >= 4 is 21.6 Å². The smallest absolute Gasteiger partial charge is 0.137 e. The average Bonchev–Trinajstić information content (AvgIpc) is 2.56. The van der Waals surface area contributed by atoms with Crippen LogP contribution in [0.4, 0.5) is 0 Å². The second-order valence-corrected chi connectivity index (χ2v) is 4.33. The Morgan fingerprint density at radius 2 is 2.21 bits per heavy atom. The second-order valence-electron chi connectivity index (χ2n) is 3.48. The van der Waals surface area contributed by atoms with Gasteiger partial charge < -0.3 is 4.40 Å². The monoisotopic (exact) mass is 252 g/mol. The van der Waals surface area contributed by atoms with Crippen LogP contribution in [0.25, 0.3) is 5.65 Å². The predicted octanol–water partition coefficient (Wildman–Crippen LogP) is 3.36. The van der Waals surface area contributed by atoms with Crippen LogP contribution < -0.4 is 0 Å². The number of rotatable bonds is 2. The van der Waals surface area contributed by atoms with E-state index < -0.39 is 0 Å². The maximum Gasteiger partial charge on any atom is 0.137 e. The molecule has 3 heteroatoms. The number of nitrogens with zero attached hydrogens (tertiary/aromatic N) is 2. The lowest BCUT2D eigenvalue weighted by Crippen LogP contribution is -1.89. The zero-order chi connectivity index (χ0) is 10.1. The SMILES string of the molecule is CCCc1cn2c(C)c(Br)ccc2n1. The van der Waals surface area contributed by atoms with Crippen LogP contribution in [0.3, 0.4) is 0 Å². The van der Waals surface area contributed by atoms with E-state index in [0.29, 0.717) is 0 Å². The fourth-order valence-electron chi connectivity index (χ4n) is 1.59. The second kappa shape index (κ2) is 3.73. The van der Waals surface area contributed by atoms with Crippen molar-refractivity contribution in [1.82, 2.24) is 9.38 Å². The molecule has 0 bridgehead atoms. The van der Waals surface area contributed by atoms with Crippen LogP contribution in [-0.4, -0.2) is 9.38 Å². The van der Waals surface area contributed by atoms with E-state index in [1.165, 1.54) is 11.4 Å². The molecule has 0 aliphatic carbocycles. The molecule has 0 spiro atoms. The molecule has 0 fully saturated rings. The highest BCUT2D eigenvalue weighted by Gasteiger charge is 2.04. The molecular formula is C11H13BrN2. The molecule has 0 N–H and O–H groups in total. The molecule has 14 heavy (non-hydrogen) atoms. The van der Waals surface area contributed by atoms with Gasteiger partial charge in [-0.05, 0) is 41.4 Å². The Kier molecular flexibility index (Phi) is 2.59. The molecule has 0 aromatic carbocycles. The lowest BCUT2D eigenvalue weighted by atomic mass is 10.3. The third kappa shape index (κ3) is 1.57. The van der Waals surface area contributed by atoms with Gasteiger partial charge in [-0.3, -0.25) is 0 Å². The van der Waals surface area contributed by atoms with Gasteiger partial charge in [0.25, 0.3) is 0 Å². The lowest BCUT2D eigenvalue weighted by molar-refractivity contribution is 0.893. The van der Waals surface area contributed by atoms with E-state index in [1.807, 2.05) is 12.1 Å². The number of aromatic nitrogens is 2. The molecule has 0 amide bonds. The number of pyridine rings is 1. The van der Waals surface area contributed by atoms with Gasteiger partial charge in [0.05, 0.1) is 5.69 Å². The number of halogens is 1. The normalized spacial score (nSPS) is 11.1. The Labute approximate surface area is 92.1 Å². The van der Waals surface area contributed by atoms with Crippen LogP contribution in [0.15, 0.2) is 22.8 Å². The van der Waals surface area contributed by atoms with E-state index in [0.717, 1.165) is 23.0 Å². The van der Waals surface area contributed by atoms with Crippen molar-refractivity contribution < 1.29 is 0 Å². The summed E-state index contributed by atoms with van der Waals surface area (Å²) in [5.74, 6) is 0. The maximum atomic E-state index is 4.55. The fraction of sp³-hybridized carbons (Fsp3) is 0.364. The highest BCUT2D eigenvalue weighted by atomic mass is 79.9. The van der Waals surface area contributed by atoms with Crippen molar-refractivity contribution in [2.24, 2.45) is 0 Å². The molecule has 0 aliphatic heterocycles. The largest absolute Gasteiger partial charge is 0.303 e. The Hall–Kier alpha value is -0.830. The Morgan fingerprint density at radius 1 is 1.43 bits per heavy atom. The summed E-state index contributed by atoms with van der Waals surface area (Å²) in [7, 11) is 0. The number of fused-ring (bicyclic) bond motifs is 1. The number of imidazole rings is 1. The van der Waals surface area contributed by atoms with E-state index >= 15 is 0 Å². The first-order chi connectivity index (χ1) is 6.72. The van der Waals surface area contributed by atoms with Gasteiger partial charge in [0.1, 0.15) is 5.65 Å². The molecule has 0 unspecified atom stereocenters. The summed E-state index contributed by atoms with van der Waals surface area (Å²) in [4.78, 5) is 4.55. The highest BCUT2D eigenvalue weighted by molar-refractivity contribution is 9.10. The van der Waals surface area contributed by atoms with E-state index in [9.17, 15) is 0 Å². The first-order valence-corrected chi connectivity index (χ1v) is 5.64. The van der Waals surface area contributed by atoms with Crippen molar-refractivity contribution in [2.45, 2.75) is 26.7 Å². The summed E-state index contributed by atoms with van der Waals surface area (Å²) >= 11 is 3.52. The van der Waals surface area contributed by atoms with Gasteiger partial charge in [-0.2, -0.15) is 0 Å². The molecule has 2 heterocycles. The van der Waals surface area contributed by atoms with Gasteiger partial charge in [0.2, 0.25) is 0 Å². The zero-order valence-corrected chi connectivity index (χ0v) is 10.0. The molecule has 0 saturated carbocycles. The van der Waals surface area contributed by atoms with Gasteiger partial charge in [-0.1, -0.05) is 13.3 Å². The van der Waals surface area contributed by atoms with Crippen LogP contribution in [0.2, 0.25) is 0 Å². The zero-order valence-electron chi connectivity index (χ0n) is 8.42. The van der Waals surface area contributed by atoms with Crippen molar-refractivity contribution in [1.29, 1.82) is 0 Å². The van der Waals surface area contributed by atoms with Gasteiger partial charge in [0, 0.05) is 16.4 Å². The summed E-state index contributed by atoms with van der Waals surface area (Å²) < 4.78 is 3.26. The van der Waals surface area contributed by atoms with E-state index in [-0.39, 0.29) is 0 Å². The molecule has 2 rings (SSSR count). The molecular weight excluding hydrogens is 240 g/mol. The lowest BCUT2D eigenvalue weighted by Gasteiger charge is -2.00. The first-order valence-electron chi connectivity index (χ1n) is 4.85. The molecule has 0 radical (unpaired) electrons. The minimum atomic E-state index is 1.04. The Bertz CT molecular complexity index is 460. The molecule has 2 nitrogen and oxygen atoms in total. The van der Waals surface area contributed by atoms with Crippen LogP contribution in [0, 0.1) is 6.92 Å². The Morgan fingerprint density at radius 3 is 2.93 bits per heavy atom. The summed E-state index contributed by atoms with van der Waals surface area (Å²) in [5, 5.41) is 0. The summed E-state index contributed by atoms with van der Waals surface area (Å²) in [6.45, 7) is 4.27. The van der Waals surface area contributed by atoms with Crippen LogP contribution in [-0.2, 0) is 6.42 Å². The molecule has 0 atom stereocenters. The van der Waals surface area contributed by atoms with E-state index in [1.54, 1.807) is 0 Å². The quantitative estimate of drug-likeness (QED) is 0.802. The minimum absolute atomic E-state index is 1.04. The maximum absolute atomic E-state index is 4.55. The van der Waals surface area contributed by atoms with Crippen LogP contribution in [0.1, 0.15) is 24.7 Å². The van der Waals surface area contributed by atoms with Crippen LogP contribution >= 0.6 is 15.9 Å². The topological polar surface area (TPSA) is 17.3 Å². The molecule has 2 aromatic rings. The van der Waals surface area contributed by atoms with Gasteiger partial charge in [0.15, 0.2) is 0 Å². The number of aryl methyl sites for hydroxylation is 2. The highest BCUT2D eigenvalue weighted by Crippen LogP contribution is 2.18. The summed E-state index contributed by atoms with van der Waals surface area (Å²) in [5.41, 5.74) is 3.42. The molecule has 0 aliphatic rings. The number of hydrogen-bond donors (Lipinski definition) is 0. The van der Waals surface area contributed by atoms with Gasteiger partial charge in [-0.15, -0.1) is 0 Å². The van der Waals surface area contributed by atoms with Crippen molar-refractivity contribution in [2.75, 3.05) is 0 Å². The predicted molar refractivity (Wildman–Crippen MR) is 61.6 cm³/mol. The minimum Gasteiger partial charge on any atom is -0.303 e. The third-order valence-corrected chi connectivity index (χ3v) is 3.21. The van der Waals surface area contributed by atoms with Crippen molar-refractivity contribution in [3.8, 4) is 0 Å².